The Balaban J connectivity index is 1.50. The number of halogens is 1. The average Bonchev–Trinajstić information content (AvgIpc) is 3.29. The van der Waals surface area contributed by atoms with Crippen LogP contribution in [0.5, 0.6) is 0 Å². The van der Waals surface area contributed by atoms with Gasteiger partial charge in [0.05, 0.1) is 10.8 Å². The number of carbonyl (C=O) groups is 1. The summed E-state index contributed by atoms with van der Waals surface area (Å²) in [6.45, 7) is 0.568. The quantitative estimate of drug-likeness (QED) is 0.575. The molecule has 0 spiro atoms. The van der Waals surface area contributed by atoms with Gasteiger partial charge >= 0.3 is 0 Å². The monoisotopic (exact) mass is 460 g/mol. The van der Waals surface area contributed by atoms with Gasteiger partial charge in [0.15, 0.2) is 0 Å². The van der Waals surface area contributed by atoms with E-state index in [4.69, 9.17) is 11.6 Å². The summed E-state index contributed by atoms with van der Waals surface area (Å²) in [6, 6.07) is 17.8. The number of sulfonamides is 1. The zero-order valence-corrected chi connectivity index (χ0v) is 18.5. The fourth-order valence-corrected chi connectivity index (χ4v) is 6.02. The van der Waals surface area contributed by atoms with Crippen molar-refractivity contribution in [3.8, 4) is 10.4 Å². The van der Waals surface area contributed by atoms with Crippen LogP contribution < -0.4 is 5.32 Å². The molecule has 0 bridgehead atoms. The highest BCUT2D eigenvalue weighted by Crippen LogP contribution is 2.32. The summed E-state index contributed by atoms with van der Waals surface area (Å²) in [5.74, 6) is -0.563. The Hall–Kier alpha value is -2.19. The average molecular weight is 461 g/mol. The standard InChI is InChI=1S/C22H21ClN2O3S2/c23-17-9-11-18(12-10-17)30(27,28)25-13-3-5-16(15-25)22(26)24-20-7-2-1-6-19(20)21-8-4-14-29-21/h1-2,4,6-12,14,16H,3,5,13,15H2,(H,24,26). The van der Waals surface area contributed by atoms with Gasteiger partial charge < -0.3 is 5.32 Å². The Kier molecular flexibility index (Phi) is 6.24. The van der Waals surface area contributed by atoms with Crippen molar-refractivity contribution in [1.29, 1.82) is 0 Å². The largest absolute Gasteiger partial charge is 0.325 e. The normalized spacial score (nSPS) is 17.6. The van der Waals surface area contributed by atoms with Gasteiger partial charge in [0.1, 0.15) is 0 Å². The summed E-state index contributed by atoms with van der Waals surface area (Å²) in [4.78, 5) is 14.3. The van der Waals surface area contributed by atoms with E-state index in [-0.39, 0.29) is 17.3 Å². The number of benzene rings is 2. The van der Waals surface area contributed by atoms with E-state index in [1.165, 1.54) is 16.4 Å². The van der Waals surface area contributed by atoms with Gasteiger partial charge in [-0.15, -0.1) is 11.3 Å². The molecule has 30 heavy (non-hydrogen) atoms. The van der Waals surface area contributed by atoms with Crippen molar-refractivity contribution in [2.45, 2.75) is 17.7 Å². The van der Waals surface area contributed by atoms with Crippen LogP contribution in [0.3, 0.4) is 0 Å². The van der Waals surface area contributed by atoms with Crippen LogP contribution in [0.4, 0.5) is 5.69 Å². The number of para-hydroxylation sites is 1. The molecule has 0 saturated carbocycles. The minimum atomic E-state index is -3.67. The van der Waals surface area contributed by atoms with Crippen LogP contribution in [-0.2, 0) is 14.8 Å². The molecule has 1 aromatic heterocycles. The highest BCUT2D eigenvalue weighted by Gasteiger charge is 2.33. The van der Waals surface area contributed by atoms with Crippen LogP contribution >= 0.6 is 22.9 Å². The molecule has 2 aromatic carbocycles. The predicted octanol–water partition coefficient (Wildman–Crippen LogP) is 5.11. The first-order valence-corrected chi connectivity index (χ1v) is 12.3. The topological polar surface area (TPSA) is 66.5 Å². The molecule has 1 N–H and O–H groups in total. The molecule has 4 rings (SSSR count). The van der Waals surface area contributed by atoms with E-state index < -0.39 is 15.9 Å². The van der Waals surface area contributed by atoms with Crippen molar-refractivity contribution in [3.63, 3.8) is 0 Å². The third-order valence-corrected chi connectivity index (χ3v) is 8.21. The number of thiophene rings is 1. The van der Waals surface area contributed by atoms with Gasteiger partial charge in [0.2, 0.25) is 15.9 Å². The number of rotatable bonds is 5. The maximum absolute atomic E-state index is 13.0. The summed E-state index contributed by atoms with van der Waals surface area (Å²) < 4.78 is 27.4. The first kappa shape index (κ1) is 21.1. The van der Waals surface area contributed by atoms with Gasteiger partial charge in [-0.25, -0.2) is 8.42 Å². The second-order valence-electron chi connectivity index (χ2n) is 7.17. The van der Waals surface area contributed by atoms with E-state index in [1.807, 2.05) is 41.8 Å². The van der Waals surface area contributed by atoms with E-state index in [0.29, 0.717) is 24.4 Å². The maximum Gasteiger partial charge on any atom is 0.243 e. The van der Waals surface area contributed by atoms with Crippen molar-refractivity contribution >= 4 is 44.6 Å². The third-order valence-electron chi connectivity index (χ3n) is 5.18. The summed E-state index contributed by atoms with van der Waals surface area (Å²) in [6.07, 6.45) is 1.29. The SMILES string of the molecule is O=C(Nc1ccccc1-c1cccs1)C1CCCN(S(=O)(=O)c2ccc(Cl)cc2)C1. The molecule has 1 saturated heterocycles. The molecule has 2 heterocycles. The molecular weight excluding hydrogens is 440 g/mol. The molecule has 1 aliphatic heterocycles. The van der Waals surface area contributed by atoms with E-state index in [1.54, 1.807) is 23.5 Å². The number of hydrogen-bond donors (Lipinski definition) is 1. The fraction of sp³-hybridized carbons (Fsp3) is 0.227. The Labute approximate surface area is 185 Å². The minimum Gasteiger partial charge on any atom is -0.325 e. The number of piperidine rings is 1. The highest BCUT2D eigenvalue weighted by molar-refractivity contribution is 7.89. The van der Waals surface area contributed by atoms with E-state index >= 15 is 0 Å². The van der Waals surface area contributed by atoms with Crippen LogP contribution in [0.2, 0.25) is 5.02 Å². The first-order valence-electron chi connectivity index (χ1n) is 9.64. The third kappa shape index (κ3) is 4.44. The highest BCUT2D eigenvalue weighted by atomic mass is 35.5. The van der Waals surface area contributed by atoms with E-state index in [2.05, 4.69) is 5.32 Å². The predicted molar refractivity (Wildman–Crippen MR) is 121 cm³/mol. The van der Waals surface area contributed by atoms with Crippen LogP contribution in [0, 0.1) is 5.92 Å². The lowest BCUT2D eigenvalue weighted by molar-refractivity contribution is -0.120. The van der Waals surface area contributed by atoms with Gasteiger partial charge in [0.25, 0.3) is 0 Å². The lowest BCUT2D eigenvalue weighted by atomic mass is 9.98. The lowest BCUT2D eigenvalue weighted by Gasteiger charge is -2.31. The second kappa shape index (κ2) is 8.89. The van der Waals surface area contributed by atoms with Crippen LogP contribution in [-0.4, -0.2) is 31.7 Å². The van der Waals surface area contributed by atoms with Crippen molar-refractivity contribution in [1.82, 2.24) is 4.31 Å². The molecule has 1 amide bonds. The number of nitrogens with zero attached hydrogens (tertiary/aromatic N) is 1. The van der Waals surface area contributed by atoms with Crippen LogP contribution in [0.1, 0.15) is 12.8 Å². The van der Waals surface area contributed by atoms with Crippen molar-refractivity contribution in [2.24, 2.45) is 5.92 Å². The van der Waals surface area contributed by atoms with Gasteiger partial charge in [-0.05, 0) is 54.6 Å². The minimum absolute atomic E-state index is 0.157. The van der Waals surface area contributed by atoms with Gasteiger partial charge in [-0.1, -0.05) is 35.9 Å². The molecule has 8 heteroatoms. The summed E-state index contributed by atoms with van der Waals surface area (Å²) in [5, 5.41) is 5.49. The first-order chi connectivity index (χ1) is 14.4. The Morgan fingerprint density at radius 2 is 1.83 bits per heavy atom. The smallest absolute Gasteiger partial charge is 0.243 e. The fourth-order valence-electron chi connectivity index (χ4n) is 3.60. The molecule has 0 aliphatic carbocycles. The van der Waals surface area contributed by atoms with Gasteiger partial charge in [-0.2, -0.15) is 4.31 Å². The second-order valence-corrected chi connectivity index (χ2v) is 10.5. The molecule has 1 atom stereocenters. The number of amides is 1. The molecule has 0 radical (unpaired) electrons. The summed E-state index contributed by atoms with van der Waals surface area (Å²) in [7, 11) is -3.67. The van der Waals surface area contributed by atoms with Crippen LogP contribution in [0.25, 0.3) is 10.4 Å². The molecule has 1 aliphatic rings. The van der Waals surface area contributed by atoms with Crippen LogP contribution in [0.15, 0.2) is 70.9 Å². The number of carbonyl (C=O) groups excluding carboxylic acids is 1. The number of anilines is 1. The van der Waals surface area contributed by atoms with Gasteiger partial charge in [-0.3, -0.25) is 4.79 Å². The maximum atomic E-state index is 13.0. The zero-order chi connectivity index (χ0) is 21.1. The Bertz CT molecular complexity index is 1130. The van der Waals surface area contributed by atoms with E-state index in [9.17, 15) is 13.2 Å². The van der Waals surface area contributed by atoms with Gasteiger partial charge in [0, 0.05) is 34.2 Å². The Morgan fingerprint density at radius 1 is 1.07 bits per heavy atom. The lowest BCUT2D eigenvalue weighted by Crippen LogP contribution is -2.43. The molecule has 5 nitrogen and oxygen atoms in total. The molecule has 156 valence electrons. The number of hydrogen-bond acceptors (Lipinski definition) is 4. The van der Waals surface area contributed by atoms with E-state index in [0.717, 1.165) is 16.1 Å². The zero-order valence-electron chi connectivity index (χ0n) is 16.1. The molecule has 3 aromatic rings. The molecular formula is C22H21ClN2O3S2. The molecule has 1 fully saturated rings. The van der Waals surface area contributed by atoms with Crippen molar-refractivity contribution in [3.05, 3.63) is 71.1 Å². The van der Waals surface area contributed by atoms with Crippen molar-refractivity contribution in [2.75, 3.05) is 18.4 Å². The van der Waals surface area contributed by atoms with Crippen molar-refractivity contribution < 1.29 is 13.2 Å². The molecule has 1 unspecified atom stereocenters. The summed E-state index contributed by atoms with van der Waals surface area (Å²) >= 11 is 7.49. The Morgan fingerprint density at radius 3 is 2.57 bits per heavy atom. The summed E-state index contributed by atoms with van der Waals surface area (Å²) in [5.41, 5.74) is 1.70. The number of nitrogens with one attached hydrogen (secondary N) is 1.